The largest absolute Gasteiger partial charge is 0.293 e. The van der Waals surface area contributed by atoms with Gasteiger partial charge in [0, 0.05) is 23.7 Å². The third-order valence-electron chi connectivity index (χ3n) is 2.38. The van der Waals surface area contributed by atoms with Gasteiger partial charge in [-0.2, -0.15) is 0 Å². The molecule has 2 aromatic heterocycles. The van der Waals surface area contributed by atoms with Crippen molar-refractivity contribution in [2.75, 3.05) is 0 Å². The molecule has 0 aromatic carbocycles. The van der Waals surface area contributed by atoms with Crippen LogP contribution in [0.15, 0.2) is 36.7 Å². The Bertz CT molecular complexity index is 476. The first-order chi connectivity index (χ1) is 7.75. The Hall–Kier alpha value is -1.48. The molecule has 2 heterocycles. The normalized spacial score (nSPS) is 10.3. The molecule has 0 radical (unpaired) electrons. The van der Waals surface area contributed by atoms with E-state index in [1.165, 1.54) is 4.88 Å². The van der Waals surface area contributed by atoms with Crippen molar-refractivity contribution in [3.05, 3.63) is 52.0 Å². The third kappa shape index (κ3) is 2.76. The second-order valence-electron chi connectivity index (χ2n) is 3.69. The monoisotopic (exact) mass is 231 g/mol. The smallest absolute Gasteiger partial charge is 0.173 e. The number of thiophene rings is 1. The molecular formula is C13H13NOS. The topological polar surface area (TPSA) is 30.0 Å². The van der Waals surface area contributed by atoms with Crippen LogP contribution in [0.2, 0.25) is 0 Å². The minimum Gasteiger partial charge on any atom is -0.293 e. The Kier molecular flexibility index (Phi) is 3.47. The first-order valence-electron chi connectivity index (χ1n) is 5.24. The van der Waals surface area contributed by atoms with Crippen LogP contribution in [-0.4, -0.2) is 10.8 Å². The zero-order valence-electron chi connectivity index (χ0n) is 9.14. The van der Waals surface area contributed by atoms with Crippen LogP contribution in [0.4, 0.5) is 0 Å². The average molecular weight is 231 g/mol. The van der Waals surface area contributed by atoms with Gasteiger partial charge in [0.05, 0.1) is 4.88 Å². The highest BCUT2D eigenvalue weighted by atomic mass is 32.1. The van der Waals surface area contributed by atoms with Gasteiger partial charge in [-0.15, -0.1) is 11.3 Å². The van der Waals surface area contributed by atoms with Gasteiger partial charge < -0.3 is 0 Å². The second-order valence-corrected chi connectivity index (χ2v) is 4.98. The van der Waals surface area contributed by atoms with Crippen LogP contribution < -0.4 is 0 Å². The van der Waals surface area contributed by atoms with E-state index in [1.54, 1.807) is 17.5 Å². The average Bonchev–Trinajstić information content (AvgIpc) is 2.74. The molecule has 0 fully saturated rings. The van der Waals surface area contributed by atoms with Crippen LogP contribution >= 0.6 is 11.3 Å². The zero-order chi connectivity index (χ0) is 11.4. The molecule has 0 atom stereocenters. The molecule has 82 valence electrons. The van der Waals surface area contributed by atoms with Crippen LogP contribution in [0.1, 0.15) is 26.5 Å². The molecule has 0 bridgehead atoms. The first kappa shape index (κ1) is 11.0. The Morgan fingerprint density at radius 3 is 2.88 bits per heavy atom. The first-order valence-corrected chi connectivity index (χ1v) is 6.06. The van der Waals surface area contributed by atoms with Gasteiger partial charge >= 0.3 is 0 Å². The third-order valence-corrected chi connectivity index (χ3v) is 3.42. The number of pyridine rings is 1. The van der Waals surface area contributed by atoms with E-state index < -0.39 is 0 Å². The standard InChI is InChI=1S/C13H13NOS/c1-10-4-7-13(16-10)12(15)6-5-11-3-2-8-14-9-11/h2-4,7-9H,5-6H2,1H3. The van der Waals surface area contributed by atoms with Crippen LogP contribution in [0, 0.1) is 6.92 Å². The number of ketones is 1. The van der Waals surface area contributed by atoms with Gasteiger partial charge in [0.2, 0.25) is 0 Å². The minimum absolute atomic E-state index is 0.224. The van der Waals surface area contributed by atoms with E-state index in [2.05, 4.69) is 4.98 Å². The molecule has 0 N–H and O–H groups in total. The number of rotatable bonds is 4. The predicted octanol–water partition coefficient (Wildman–Crippen LogP) is 3.27. The lowest BCUT2D eigenvalue weighted by molar-refractivity contribution is 0.0986. The molecule has 0 saturated carbocycles. The fourth-order valence-corrected chi connectivity index (χ4v) is 2.35. The van der Waals surface area contributed by atoms with Crippen molar-refractivity contribution < 1.29 is 4.79 Å². The fraction of sp³-hybridized carbons (Fsp3) is 0.231. The summed E-state index contributed by atoms with van der Waals surface area (Å²) in [4.78, 5) is 17.9. The Morgan fingerprint density at radius 2 is 2.25 bits per heavy atom. The molecular weight excluding hydrogens is 218 g/mol. The maximum atomic E-state index is 11.8. The van der Waals surface area contributed by atoms with E-state index in [-0.39, 0.29) is 5.78 Å². The van der Waals surface area contributed by atoms with E-state index in [0.29, 0.717) is 6.42 Å². The van der Waals surface area contributed by atoms with Gasteiger partial charge in [-0.3, -0.25) is 9.78 Å². The van der Waals surface area contributed by atoms with Crippen LogP contribution in [0.25, 0.3) is 0 Å². The minimum atomic E-state index is 0.224. The molecule has 2 nitrogen and oxygen atoms in total. The summed E-state index contributed by atoms with van der Waals surface area (Å²) in [5.41, 5.74) is 1.11. The zero-order valence-corrected chi connectivity index (χ0v) is 9.96. The van der Waals surface area contributed by atoms with Gasteiger partial charge in [-0.25, -0.2) is 0 Å². The highest BCUT2D eigenvalue weighted by Gasteiger charge is 2.08. The van der Waals surface area contributed by atoms with Gasteiger partial charge in [-0.1, -0.05) is 6.07 Å². The maximum absolute atomic E-state index is 11.8. The molecule has 0 amide bonds. The number of carbonyl (C=O) groups is 1. The lowest BCUT2D eigenvalue weighted by Gasteiger charge is -1.98. The quantitative estimate of drug-likeness (QED) is 0.756. The predicted molar refractivity (Wildman–Crippen MR) is 65.9 cm³/mol. The van der Waals surface area contributed by atoms with Crippen molar-refractivity contribution in [3.63, 3.8) is 0 Å². The molecule has 2 aromatic rings. The highest BCUT2D eigenvalue weighted by molar-refractivity contribution is 7.14. The van der Waals surface area contributed by atoms with Gasteiger partial charge in [0.1, 0.15) is 0 Å². The molecule has 3 heteroatoms. The van der Waals surface area contributed by atoms with E-state index in [0.717, 1.165) is 16.9 Å². The van der Waals surface area contributed by atoms with Gasteiger partial charge in [0.25, 0.3) is 0 Å². The summed E-state index contributed by atoms with van der Waals surface area (Å²) in [6.07, 6.45) is 4.89. The number of hydrogen-bond donors (Lipinski definition) is 0. The number of aryl methyl sites for hydroxylation is 2. The maximum Gasteiger partial charge on any atom is 0.173 e. The van der Waals surface area contributed by atoms with E-state index in [4.69, 9.17) is 0 Å². The SMILES string of the molecule is Cc1ccc(C(=O)CCc2cccnc2)s1. The summed E-state index contributed by atoms with van der Waals surface area (Å²) in [6, 6.07) is 7.79. The highest BCUT2D eigenvalue weighted by Crippen LogP contribution is 2.17. The summed E-state index contributed by atoms with van der Waals surface area (Å²) in [5.74, 6) is 0.224. The molecule has 0 unspecified atom stereocenters. The van der Waals surface area contributed by atoms with Crippen molar-refractivity contribution in [1.29, 1.82) is 0 Å². The molecule has 2 rings (SSSR count). The van der Waals surface area contributed by atoms with Gasteiger partial charge in [0.15, 0.2) is 5.78 Å². The van der Waals surface area contributed by atoms with Crippen LogP contribution in [-0.2, 0) is 6.42 Å². The van der Waals surface area contributed by atoms with E-state index in [1.807, 2.05) is 37.4 Å². The molecule has 0 aliphatic carbocycles. The summed E-state index contributed by atoms with van der Waals surface area (Å²) >= 11 is 1.57. The lowest BCUT2D eigenvalue weighted by atomic mass is 10.1. The Balaban J connectivity index is 1.94. The summed E-state index contributed by atoms with van der Waals surface area (Å²) in [6.45, 7) is 2.02. The van der Waals surface area contributed by atoms with Crippen molar-refractivity contribution in [2.24, 2.45) is 0 Å². The van der Waals surface area contributed by atoms with Crippen molar-refractivity contribution in [2.45, 2.75) is 19.8 Å². The summed E-state index contributed by atoms with van der Waals surface area (Å²) in [7, 11) is 0. The van der Waals surface area contributed by atoms with Crippen molar-refractivity contribution in [1.82, 2.24) is 4.98 Å². The van der Waals surface area contributed by atoms with Crippen LogP contribution in [0.5, 0.6) is 0 Å². The lowest BCUT2D eigenvalue weighted by Crippen LogP contribution is -1.98. The number of nitrogens with zero attached hydrogens (tertiary/aromatic N) is 1. The molecule has 0 spiro atoms. The molecule has 0 aliphatic rings. The summed E-state index contributed by atoms with van der Waals surface area (Å²) < 4.78 is 0. The number of Topliss-reactive ketones (excluding diaryl/α,β-unsaturated/α-hetero) is 1. The van der Waals surface area contributed by atoms with Crippen LogP contribution in [0.3, 0.4) is 0 Å². The number of carbonyl (C=O) groups excluding carboxylic acids is 1. The second kappa shape index (κ2) is 5.03. The van der Waals surface area contributed by atoms with Gasteiger partial charge in [-0.05, 0) is 37.1 Å². The molecule has 0 saturated heterocycles. The molecule has 0 aliphatic heterocycles. The van der Waals surface area contributed by atoms with E-state index in [9.17, 15) is 4.79 Å². The molecule has 16 heavy (non-hydrogen) atoms. The van der Waals surface area contributed by atoms with Crippen molar-refractivity contribution in [3.8, 4) is 0 Å². The van der Waals surface area contributed by atoms with E-state index >= 15 is 0 Å². The van der Waals surface area contributed by atoms with Crippen molar-refractivity contribution >= 4 is 17.1 Å². The fourth-order valence-electron chi connectivity index (χ4n) is 1.51. The number of aromatic nitrogens is 1. The Labute approximate surface area is 99.0 Å². The summed E-state index contributed by atoms with van der Waals surface area (Å²) in [5, 5.41) is 0. The Morgan fingerprint density at radius 1 is 1.38 bits per heavy atom. The number of hydrogen-bond acceptors (Lipinski definition) is 3.